The normalized spacial score (nSPS) is 18.5. The molecule has 1 aromatic heterocycles. The van der Waals surface area contributed by atoms with Gasteiger partial charge in [-0.3, -0.25) is 0 Å². The van der Waals surface area contributed by atoms with Gasteiger partial charge >= 0.3 is 6.18 Å². The van der Waals surface area contributed by atoms with Gasteiger partial charge in [0.2, 0.25) is 0 Å². The van der Waals surface area contributed by atoms with Crippen molar-refractivity contribution in [3.63, 3.8) is 0 Å². The molecular weight excluding hydrogens is 351 g/mol. The maximum atomic E-state index is 15.0. The van der Waals surface area contributed by atoms with Crippen molar-refractivity contribution in [2.75, 3.05) is 0 Å². The van der Waals surface area contributed by atoms with Crippen LogP contribution in [0.2, 0.25) is 0 Å². The van der Waals surface area contributed by atoms with Crippen molar-refractivity contribution in [2.24, 2.45) is 5.92 Å². The first kappa shape index (κ1) is 17.1. The molecule has 1 nitrogen and oxygen atoms in total. The van der Waals surface area contributed by atoms with Gasteiger partial charge in [-0.2, -0.15) is 13.2 Å². The summed E-state index contributed by atoms with van der Waals surface area (Å²) < 4.78 is 73.1. The van der Waals surface area contributed by atoms with E-state index in [0.717, 1.165) is 30.9 Å². The molecular formula is C20H15F5O. The molecule has 0 bridgehead atoms. The van der Waals surface area contributed by atoms with Gasteiger partial charge < -0.3 is 4.42 Å². The number of furan rings is 1. The number of benzene rings is 2. The van der Waals surface area contributed by atoms with Crippen LogP contribution in [0.25, 0.3) is 27.5 Å². The smallest absolute Gasteiger partial charge is 0.419 e. The number of hydrogen-bond donors (Lipinski definition) is 0. The lowest BCUT2D eigenvalue weighted by molar-refractivity contribution is -0.139. The number of rotatable bonds is 1. The Morgan fingerprint density at radius 1 is 0.962 bits per heavy atom. The molecule has 0 aliphatic heterocycles. The fourth-order valence-corrected chi connectivity index (χ4v) is 3.51. The van der Waals surface area contributed by atoms with E-state index in [2.05, 4.69) is 6.92 Å². The summed E-state index contributed by atoms with van der Waals surface area (Å²) in [5.41, 5.74) is -1.000. The number of fused-ring (bicyclic) bond motifs is 3. The molecule has 26 heavy (non-hydrogen) atoms. The summed E-state index contributed by atoms with van der Waals surface area (Å²) in [5, 5.41) is 0.390. The second-order valence-corrected chi connectivity index (χ2v) is 6.82. The van der Waals surface area contributed by atoms with Crippen LogP contribution in [-0.4, -0.2) is 0 Å². The topological polar surface area (TPSA) is 13.1 Å². The highest BCUT2D eigenvalue weighted by molar-refractivity contribution is 6.06. The molecule has 0 spiro atoms. The van der Waals surface area contributed by atoms with E-state index in [4.69, 9.17) is 4.42 Å². The zero-order valence-corrected chi connectivity index (χ0v) is 13.9. The predicted molar refractivity (Wildman–Crippen MR) is 89.6 cm³/mol. The molecule has 0 amide bonds. The SMILES string of the molecule is CC1CC=C(c2ccc3c(oc4c(F)c(C(F)(F)F)ccc43)c2F)CC1. The first-order chi connectivity index (χ1) is 12.3. The minimum atomic E-state index is -4.84. The molecule has 0 saturated carbocycles. The van der Waals surface area contributed by atoms with Gasteiger partial charge in [0.05, 0.1) is 5.56 Å². The molecule has 1 unspecified atom stereocenters. The van der Waals surface area contributed by atoms with Crippen molar-refractivity contribution in [2.45, 2.75) is 32.4 Å². The van der Waals surface area contributed by atoms with Crippen molar-refractivity contribution >= 4 is 27.5 Å². The molecule has 1 atom stereocenters. The Hall–Kier alpha value is -2.37. The van der Waals surface area contributed by atoms with E-state index in [9.17, 15) is 22.0 Å². The average Bonchev–Trinajstić information content (AvgIpc) is 2.96. The van der Waals surface area contributed by atoms with Crippen LogP contribution >= 0.6 is 0 Å². The van der Waals surface area contributed by atoms with E-state index in [0.29, 0.717) is 17.5 Å². The lowest BCUT2D eigenvalue weighted by Gasteiger charge is -2.18. The first-order valence-corrected chi connectivity index (χ1v) is 8.37. The number of halogens is 5. The van der Waals surface area contributed by atoms with E-state index in [1.807, 2.05) is 6.08 Å². The Labute approximate surface area is 146 Å². The third kappa shape index (κ3) is 2.59. The van der Waals surface area contributed by atoms with Gasteiger partial charge in [-0.25, -0.2) is 8.78 Å². The van der Waals surface area contributed by atoms with Crippen molar-refractivity contribution < 1.29 is 26.4 Å². The maximum Gasteiger partial charge on any atom is 0.419 e. The fourth-order valence-electron chi connectivity index (χ4n) is 3.51. The molecule has 0 fully saturated rings. The predicted octanol–water partition coefficient (Wildman–Crippen LogP) is 7.09. The summed E-state index contributed by atoms with van der Waals surface area (Å²) >= 11 is 0. The van der Waals surface area contributed by atoms with Crippen molar-refractivity contribution in [1.82, 2.24) is 0 Å². The molecule has 1 heterocycles. The van der Waals surface area contributed by atoms with E-state index in [-0.39, 0.29) is 16.4 Å². The number of alkyl halides is 3. The van der Waals surface area contributed by atoms with Gasteiger partial charge in [0.15, 0.2) is 22.8 Å². The maximum absolute atomic E-state index is 15.0. The van der Waals surface area contributed by atoms with Crippen LogP contribution in [0.3, 0.4) is 0 Å². The summed E-state index contributed by atoms with van der Waals surface area (Å²) in [6.45, 7) is 2.12. The van der Waals surface area contributed by atoms with E-state index < -0.39 is 29.0 Å². The van der Waals surface area contributed by atoms with Gasteiger partial charge in [-0.1, -0.05) is 19.1 Å². The molecule has 2 aromatic carbocycles. The zero-order chi connectivity index (χ0) is 18.6. The molecule has 1 aliphatic carbocycles. The van der Waals surface area contributed by atoms with Crippen LogP contribution < -0.4 is 0 Å². The highest BCUT2D eigenvalue weighted by atomic mass is 19.4. The molecule has 4 rings (SSSR count). The highest BCUT2D eigenvalue weighted by Crippen LogP contribution is 2.40. The Morgan fingerprint density at radius 3 is 2.23 bits per heavy atom. The van der Waals surface area contributed by atoms with Gasteiger partial charge in [-0.15, -0.1) is 0 Å². The summed E-state index contributed by atoms with van der Waals surface area (Å²) in [7, 11) is 0. The molecule has 0 saturated heterocycles. The standard InChI is InChI=1S/C20H15F5O/c1-10-2-4-11(5-3-10)12-6-7-13-14-8-9-15(20(23,24)25)17(22)19(14)26-18(13)16(12)21/h4,6-10H,2-3,5H2,1H3. The molecule has 0 radical (unpaired) electrons. The van der Waals surface area contributed by atoms with Crippen LogP contribution in [0.5, 0.6) is 0 Å². The van der Waals surface area contributed by atoms with Crippen LogP contribution in [0.15, 0.2) is 34.8 Å². The van der Waals surface area contributed by atoms with Gasteiger partial charge in [0.1, 0.15) is 0 Å². The third-order valence-corrected chi connectivity index (χ3v) is 5.01. The van der Waals surface area contributed by atoms with E-state index >= 15 is 0 Å². The van der Waals surface area contributed by atoms with Gasteiger partial charge in [-0.05, 0) is 49.0 Å². The molecule has 1 aliphatic rings. The zero-order valence-electron chi connectivity index (χ0n) is 13.9. The number of hydrogen-bond acceptors (Lipinski definition) is 1. The lowest BCUT2D eigenvalue weighted by Crippen LogP contribution is -2.07. The van der Waals surface area contributed by atoms with Crippen molar-refractivity contribution in [3.05, 3.63) is 53.1 Å². The largest absolute Gasteiger partial charge is 0.450 e. The Bertz CT molecular complexity index is 1040. The quantitative estimate of drug-likeness (QED) is 0.419. The summed E-state index contributed by atoms with van der Waals surface area (Å²) in [4.78, 5) is 0. The summed E-state index contributed by atoms with van der Waals surface area (Å²) in [6, 6.07) is 4.94. The fraction of sp³-hybridized carbons (Fsp3) is 0.300. The molecule has 136 valence electrons. The Morgan fingerprint density at radius 2 is 1.62 bits per heavy atom. The van der Waals surface area contributed by atoms with E-state index in [1.54, 1.807) is 12.1 Å². The molecule has 0 N–H and O–H groups in total. The Balaban J connectivity index is 1.93. The lowest BCUT2D eigenvalue weighted by atomic mass is 9.87. The average molecular weight is 366 g/mol. The van der Waals surface area contributed by atoms with Crippen LogP contribution in [0, 0.1) is 17.6 Å². The number of allylic oxidation sites excluding steroid dienone is 2. The van der Waals surface area contributed by atoms with Gasteiger partial charge in [0.25, 0.3) is 0 Å². The first-order valence-electron chi connectivity index (χ1n) is 8.37. The second-order valence-electron chi connectivity index (χ2n) is 6.82. The van der Waals surface area contributed by atoms with Crippen molar-refractivity contribution in [1.29, 1.82) is 0 Å². The monoisotopic (exact) mass is 366 g/mol. The van der Waals surface area contributed by atoms with Crippen molar-refractivity contribution in [3.8, 4) is 0 Å². The molecule has 6 heteroatoms. The van der Waals surface area contributed by atoms with Crippen LogP contribution in [-0.2, 0) is 6.18 Å². The molecule has 3 aromatic rings. The Kier molecular flexibility index (Phi) is 3.82. The summed E-state index contributed by atoms with van der Waals surface area (Å²) in [5.74, 6) is -1.64. The van der Waals surface area contributed by atoms with Crippen LogP contribution in [0.4, 0.5) is 22.0 Å². The third-order valence-electron chi connectivity index (χ3n) is 5.01. The van der Waals surface area contributed by atoms with Gasteiger partial charge in [0, 0.05) is 16.3 Å². The minimum Gasteiger partial charge on any atom is -0.450 e. The van der Waals surface area contributed by atoms with Crippen LogP contribution in [0.1, 0.15) is 37.3 Å². The van der Waals surface area contributed by atoms with E-state index in [1.165, 1.54) is 0 Å². The highest BCUT2D eigenvalue weighted by Gasteiger charge is 2.36. The second kappa shape index (κ2) is 5.83. The summed E-state index contributed by atoms with van der Waals surface area (Å²) in [6.07, 6.45) is -0.367. The minimum absolute atomic E-state index is 0.127.